The lowest BCUT2D eigenvalue weighted by atomic mass is 9.80. The maximum atomic E-state index is 11.2. The van der Waals surface area contributed by atoms with E-state index in [-0.39, 0.29) is 0 Å². The summed E-state index contributed by atoms with van der Waals surface area (Å²) in [6.07, 6.45) is 0.438. The first-order valence-corrected chi connectivity index (χ1v) is 4.99. The van der Waals surface area contributed by atoms with Crippen LogP contribution in [0, 0.1) is 0 Å². The van der Waals surface area contributed by atoms with Crippen LogP contribution in [0.1, 0.15) is 18.9 Å². The smallest absolute Gasteiger partial charge is 0.313 e. The van der Waals surface area contributed by atoms with E-state index in [1.165, 1.54) is 0 Å². The summed E-state index contributed by atoms with van der Waals surface area (Å²) in [4.78, 5) is 11.2. The fourth-order valence-corrected chi connectivity index (χ4v) is 1.75. The third-order valence-electron chi connectivity index (χ3n) is 2.48. The van der Waals surface area contributed by atoms with Gasteiger partial charge in [0.1, 0.15) is 0 Å². The predicted octanol–water partition coefficient (Wildman–Crippen LogP) is 2.66. The van der Waals surface area contributed by atoms with Crippen molar-refractivity contribution in [3.8, 4) is 0 Å². The van der Waals surface area contributed by atoms with Crippen LogP contribution in [-0.2, 0) is 10.2 Å². The summed E-state index contributed by atoms with van der Waals surface area (Å²) in [6, 6.07) is 9.18. The number of hydrogen-bond acceptors (Lipinski definition) is 1. The minimum Gasteiger partial charge on any atom is -0.481 e. The summed E-state index contributed by atoms with van der Waals surface area (Å²) in [5.74, 6) is -0.484. The van der Waals surface area contributed by atoms with Gasteiger partial charge in [0.15, 0.2) is 0 Å². The van der Waals surface area contributed by atoms with E-state index >= 15 is 0 Å². The van der Waals surface area contributed by atoms with E-state index in [4.69, 9.17) is 16.7 Å². The summed E-state index contributed by atoms with van der Waals surface area (Å²) in [5, 5.41) is 9.16. The molecule has 76 valence electrons. The molecule has 0 heterocycles. The molecule has 0 aliphatic heterocycles. The van der Waals surface area contributed by atoms with Crippen LogP contribution in [0.25, 0.3) is 0 Å². The SMILES string of the molecule is CC(CCCl)(C(=O)O)c1ccccc1. The number of alkyl halides is 1. The molecule has 3 heteroatoms. The largest absolute Gasteiger partial charge is 0.481 e. The standard InChI is InChI=1S/C11H13ClO2/c1-11(7-8-12,10(13)14)9-5-3-2-4-6-9/h2-6H,7-8H2,1H3,(H,13,14). The van der Waals surface area contributed by atoms with Gasteiger partial charge in [-0.15, -0.1) is 11.6 Å². The Morgan fingerprint density at radius 1 is 1.43 bits per heavy atom. The van der Waals surface area contributed by atoms with Gasteiger partial charge in [-0.2, -0.15) is 0 Å². The number of benzene rings is 1. The Morgan fingerprint density at radius 2 is 2.00 bits per heavy atom. The van der Waals surface area contributed by atoms with E-state index in [2.05, 4.69) is 0 Å². The maximum Gasteiger partial charge on any atom is 0.313 e. The highest BCUT2D eigenvalue weighted by Crippen LogP contribution is 2.28. The highest BCUT2D eigenvalue weighted by atomic mass is 35.5. The highest BCUT2D eigenvalue weighted by Gasteiger charge is 2.34. The van der Waals surface area contributed by atoms with Crippen molar-refractivity contribution >= 4 is 17.6 Å². The fraction of sp³-hybridized carbons (Fsp3) is 0.364. The number of carbonyl (C=O) groups is 1. The Balaban J connectivity index is 3.06. The molecule has 1 aromatic rings. The van der Waals surface area contributed by atoms with Crippen LogP contribution < -0.4 is 0 Å². The Bertz CT molecular complexity index is 310. The van der Waals surface area contributed by atoms with E-state index in [9.17, 15) is 4.79 Å². The van der Waals surface area contributed by atoms with Crippen molar-refractivity contribution in [3.63, 3.8) is 0 Å². The summed E-state index contributed by atoms with van der Waals surface area (Å²) < 4.78 is 0. The molecule has 2 nitrogen and oxygen atoms in total. The topological polar surface area (TPSA) is 37.3 Å². The van der Waals surface area contributed by atoms with Crippen LogP contribution in [0.2, 0.25) is 0 Å². The molecule has 0 fully saturated rings. The Kier molecular flexibility index (Phi) is 3.53. The molecule has 0 aliphatic carbocycles. The molecule has 0 spiro atoms. The third-order valence-corrected chi connectivity index (χ3v) is 2.67. The molecule has 0 radical (unpaired) electrons. The number of carboxylic acids is 1. The number of halogens is 1. The van der Waals surface area contributed by atoms with E-state index < -0.39 is 11.4 Å². The number of carboxylic acid groups (broad SMARTS) is 1. The van der Waals surface area contributed by atoms with Crippen LogP contribution >= 0.6 is 11.6 Å². The van der Waals surface area contributed by atoms with Gasteiger partial charge in [0.2, 0.25) is 0 Å². The van der Waals surface area contributed by atoms with Crippen LogP contribution in [0.3, 0.4) is 0 Å². The molecule has 0 bridgehead atoms. The van der Waals surface area contributed by atoms with E-state index in [1.54, 1.807) is 6.92 Å². The number of rotatable bonds is 4. The zero-order valence-electron chi connectivity index (χ0n) is 8.03. The fourth-order valence-electron chi connectivity index (χ4n) is 1.37. The van der Waals surface area contributed by atoms with Crippen molar-refractivity contribution in [2.45, 2.75) is 18.8 Å². The van der Waals surface area contributed by atoms with Crippen molar-refractivity contribution in [2.75, 3.05) is 5.88 Å². The lowest BCUT2D eigenvalue weighted by Gasteiger charge is -2.24. The van der Waals surface area contributed by atoms with Gasteiger partial charge in [0.25, 0.3) is 0 Å². The number of hydrogen-bond donors (Lipinski definition) is 1. The van der Waals surface area contributed by atoms with Crippen molar-refractivity contribution in [2.24, 2.45) is 0 Å². The molecule has 0 saturated carbocycles. The van der Waals surface area contributed by atoms with E-state index in [1.807, 2.05) is 30.3 Å². The van der Waals surface area contributed by atoms with Crippen molar-refractivity contribution in [1.29, 1.82) is 0 Å². The van der Waals surface area contributed by atoms with Crippen LogP contribution in [-0.4, -0.2) is 17.0 Å². The van der Waals surface area contributed by atoms with Gasteiger partial charge in [-0.05, 0) is 18.9 Å². The van der Waals surface area contributed by atoms with Crippen LogP contribution in [0.5, 0.6) is 0 Å². The lowest BCUT2D eigenvalue weighted by molar-refractivity contribution is -0.143. The zero-order chi connectivity index (χ0) is 10.6. The van der Waals surface area contributed by atoms with Crippen LogP contribution in [0.15, 0.2) is 30.3 Å². The molecule has 1 N–H and O–H groups in total. The van der Waals surface area contributed by atoms with Gasteiger partial charge >= 0.3 is 5.97 Å². The van der Waals surface area contributed by atoms with Crippen LogP contribution in [0.4, 0.5) is 0 Å². The maximum absolute atomic E-state index is 11.2. The first kappa shape index (κ1) is 11.1. The van der Waals surface area contributed by atoms with E-state index in [0.29, 0.717) is 12.3 Å². The average molecular weight is 213 g/mol. The first-order valence-electron chi connectivity index (χ1n) is 4.46. The Labute approximate surface area is 88.5 Å². The van der Waals surface area contributed by atoms with Gasteiger partial charge in [-0.25, -0.2) is 0 Å². The quantitative estimate of drug-likeness (QED) is 0.780. The van der Waals surface area contributed by atoms with Gasteiger partial charge in [-0.1, -0.05) is 30.3 Å². The summed E-state index contributed by atoms with van der Waals surface area (Å²) in [5.41, 5.74) is -0.0728. The predicted molar refractivity (Wildman–Crippen MR) is 56.8 cm³/mol. The number of aliphatic carboxylic acids is 1. The zero-order valence-corrected chi connectivity index (χ0v) is 8.79. The van der Waals surface area contributed by atoms with Crippen molar-refractivity contribution < 1.29 is 9.90 Å². The van der Waals surface area contributed by atoms with Gasteiger partial charge < -0.3 is 5.11 Å². The normalized spacial score (nSPS) is 14.7. The molecule has 1 unspecified atom stereocenters. The minimum absolute atomic E-state index is 0.345. The molecule has 14 heavy (non-hydrogen) atoms. The molecule has 0 aromatic heterocycles. The highest BCUT2D eigenvalue weighted by molar-refractivity contribution is 6.18. The molecule has 1 atom stereocenters. The second-order valence-corrected chi connectivity index (χ2v) is 3.82. The Hall–Kier alpha value is -1.02. The van der Waals surface area contributed by atoms with Gasteiger partial charge in [0, 0.05) is 5.88 Å². The third kappa shape index (κ3) is 2.07. The van der Waals surface area contributed by atoms with Crippen molar-refractivity contribution in [3.05, 3.63) is 35.9 Å². The second kappa shape index (κ2) is 4.47. The second-order valence-electron chi connectivity index (χ2n) is 3.44. The molecule has 1 rings (SSSR count). The molecule has 1 aromatic carbocycles. The summed E-state index contributed by atoms with van der Waals surface area (Å²) in [6.45, 7) is 1.70. The minimum atomic E-state index is -0.872. The molecule has 0 saturated heterocycles. The monoisotopic (exact) mass is 212 g/mol. The molecular weight excluding hydrogens is 200 g/mol. The van der Waals surface area contributed by atoms with Gasteiger partial charge in [0.05, 0.1) is 5.41 Å². The Morgan fingerprint density at radius 3 is 2.43 bits per heavy atom. The molecule has 0 aliphatic rings. The molecular formula is C11H13ClO2. The summed E-state index contributed by atoms with van der Waals surface area (Å²) >= 11 is 5.62. The lowest BCUT2D eigenvalue weighted by Crippen LogP contribution is -2.32. The summed E-state index contributed by atoms with van der Waals surface area (Å²) in [7, 11) is 0. The molecule has 0 amide bonds. The van der Waals surface area contributed by atoms with Gasteiger partial charge in [-0.3, -0.25) is 4.79 Å². The van der Waals surface area contributed by atoms with E-state index in [0.717, 1.165) is 5.56 Å². The average Bonchev–Trinajstić information content (AvgIpc) is 2.19. The first-order chi connectivity index (χ1) is 6.61. The van der Waals surface area contributed by atoms with Crippen molar-refractivity contribution in [1.82, 2.24) is 0 Å².